The number of carbonyl (C=O) groups excluding carboxylic acids is 1. The van der Waals surface area contributed by atoms with E-state index in [9.17, 15) is 4.79 Å². The first-order valence-corrected chi connectivity index (χ1v) is 9.63. The standard InChI is InChI=1S/C20H20N2O5S/c1-24-13-5-3-4-12(10-13)19(23)22-20-21-17-15(25-2)7-6-14(18(17)28-20)16-11-26-8-9-27-16/h3-7,10,16H,8-9,11H2,1-2H3,(H,21,22,23). The van der Waals surface area contributed by atoms with Gasteiger partial charge in [-0.05, 0) is 24.3 Å². The van der Waals surface area contributed by atoms with Crippen molar-refractivity contribution in [3.63, 3.8) is 0 Å². The molecule has 3 aromatic rings. The molecule has 1 aliphatic heterocycles. The largest absolute Gasteiger partial charge is 0.497 e. The van der Waals surface area contributed by atoms with Crippen LogP contribution in [0.25, 0.3) is 10.2 Å². The summed E-state index contributed by atoms with van der Waals surface area (Å²) in [5, 5.41) is 3.36. The van der Waals surface area contributed by atoms with Crippen LogP contribution in [0.15, 0.2) is 36.4 Å². The first-order valence-electron chi connectivity index (χ1n) is 8.82. The molecule has 28 heavy (non-hydrogen) atoms. The summed E-state index contributed by atoms with van der Waals surface area (Å²) in [4.78, 5) is 17.2. The van der Waals surface area contributed by atoms with Gasteiger partial charge in [-0.3, -0.25) is 10.1 Å². The smallest absolute Gasteiger partial charge is 0.257 e. The van der Waals surface area contributed by atoms with Gasteiger partial charge in [0.15, 0.2) is 5.13 Å². The summed E-state index contributed by atoms with van der Waals surface area (Å²) in [6, 6.07) is 10.8. The predicted octanol–water partition coefficient (Wildman–Crippen LogP) is 3.65. The maximum atomic E-state index is 12.6. The lowest BCUT2D eigenvalue weighted by Crippen LogP contribution is -2.21. The van der Waals surface area contributed by atoms with Crippen molar-refractivity contribution in [3.8, 4) is 11.5 Å². The fourth-order valence-corrected chi connectivity index (χ4v) is 4.11. The highest BCUT2D eigenvalue weighted by Gasteiger charge is 2.23. The molecule has 0 saturated carbocycles. The van der Waals surface area contributed by atoms with E-state index in [1.165, 1.54) is 11.3 Å². The Kier molecular flexibility index (Phi) is 5.43. The van der Waals surface area contributed by atoms with E-state index in [1.807, 2.05) is 12.1 Å². The summed E-state index contributed by atoms with van der Waals surface area (Å²) < 4.78 is 22.9. The van der Waals surface area contributed by atoms with E-state index < -0.39 is 0 Å². The minimum Gasteiger partial charge on any atom is -0.497 e. The van der Waals surface area contributed by atoms with Gasteiger partial charge in [0.2, 0.25) is 0 Å². The van der Waals surface area contributed by atoms with Crippen LogP contribution in [0, 0.1) is 0 Å². The van der Waals surface area contributed by atoms with Crippen LogP contribution < -0.4 is 14.8 Å². The summed E-state index contributed by atoms with van der Waals surface area (Å²) in [5.41, 5.74) is 2.17. The van der Waals surface area contributed by atoms with Gasteiger partial charge in [-0.2, -0.15) is 0 Å². The zero-order valence-corrected chi connectivity index (χ0v) is 16.4. The predicted molar refractivity (Wildman–Crippen MR) is 107 cm³/mol. The minimum absolute atomic E-state index is 0.162. The molecular formula is C20H20N2O5S. The monoisotopic (exact) mass is 400 g/mol. The quantitative estimate of drug-likeness (QED) is 0.704. The Bertz CT molecular complexity index is 997. The summed E-state index contributed by atoms with van der Waals surface area (Å²) >= 11 is 1.39. The lowest BCUT2D eigenvalue weighted by molar-refractivity contribution is -0.0895. The van der Waals surface area contributed by atoms with Crippen molar-refractivity contribution >= 4 is 32.6 Å². The van der Waals surface area contributed by atoms with E-state index in [1.54, 1.807) is 38.5 Å². The van der Waals surface area contributed by atoms with Gasteiger partial charge in [-0.15, -0.1) is 0 Å². The molecule has 0 radical (unpaired) electrons. The third-order valence-corrected chi connectivity index (χ3v) is 5.49. The van der Waals surface area contributed by atoms with E-state index in [0.29, 0.717) is 47.5 Å². The number of amides is 1. The van der Waals surface area contributed by atoms with E-state index in [-0.39, 0.29) is 12.0 Å². The molecule has 146 valence electrons. The van der Waals surface area contributed by atoms with E-state index in [0.717, 1.165) is 10.3 Å². The molecule has 1 fully saturated rings. The van der Waals surface area contributed by atoms with E-state index in [2.05, 4.69) is 10.3 Å². The number of nitrogens with one attached hydrogen (secondary N) is 1. The maximum Gasteiger partial charge on any atom is 0.257 e. The van der Waals surface area contributed by atoms with Crippen LogP contribution in [-0.4, -0.2) is 44.9 Å². The summed E-state index contributed by atoms with van der Waals surface area (Å²) in [6.45, 7) is 1.64. The number of nitrogens with zero attached hydrogens (tertiary/aromatic N) is 1. The molecule has 1 saturated heterocycles. The van der Waals surface area contributed by atoms with Crippen molar-refractivity contribution < 1.29 is 23.7 Å². The second kappa shape index (κ2) is 8.14. The van der Waals surface area contributed by atoms with Crippen molar-refractivity contribution in [3.05, 3.63) is 47.5 Å². The van der Waals surface area contributed by atoms with Gasteiger partial charge >= 0.3 is 0 Å². The Morgan fingerprint density at radius 1 is 1.21 bits per heavy atom. The molecule has 2 heterocycles. The van der Waals surface area contributed by atoms with Gasteiger partial charge in [0.1, 0.15) is 23.1 Å². The van der Waals surface area contributed by atoms with Crippen molar-refractivity contribution in [2.24, 2.45) is 0 Å². The average Bonchev–Trinajstić information content (AvgIpc) is 3.17. The highest BCUT2D eigenvalue weighted by Crippen LogP contribution is 2.39. The zero-order chi connectivity index (χ0) is 19.5. The molecule has 0 spiro atoms. The van der Waals surface area contributed by atoms with Gasteiger partial charge in [0.25, 0.3) is 5.91 Å². The number of hydrogen-bond acceptors (Lipinski definition) is 7. The fourth-order valence-electron chi connectivity index (χ4n) is 3.08. The number of thiazole rings is 1. The Morgan fingerprint density at radius 2 is 2.11 bits per heavy atom. The van der Waals surface area contributed by atoms with Crippen molar-refractivity contribution in [1.82, 2.24) is 4.98 Å². The first-order chi connectivity index (χ1) is 13.7. The van der Waals surface area contributed by atoms with Crippen LogP contribution in [0.2, 0.25) is 0 Å². The number of hydrogen-bond donors (Lipinski definition) is 1. The van der Waals surface area contributed by atoms with Crippen molar-refractivity contribution in [1.29, 1.82) is 0 Å². The zero-order valence-electron chi connectivity index (χ0n) is 15.6. The molecule has 1 atom stereocenters. The summed E-state index contributed by atoms with van der Waals surface area (Å²) in [5.74, 6) is 1.01. The summed E-state index contributed by atoms with van der Waals surface area (Å²) in [6.07, 6.45) is -0.162. The van der Waals surface area contributed by atoms with Crippen LogP contribution >= 0.6 is 11.3 Å². The molecule has 1 unspecified atom stereocenters. The molecular weight excluding hydrogens is 380 g/mol. The molecule has 0 bridgehead atoms. The van der Waals surface area contributed by atoms with Crippen LogP contribution in [-0.2, 0) is 9.47 Å². The Morgan fingerprint density at radius 3 is 2.86 bits per heavy atom. The number of carbonyl (C=O) groups is 1. The second-order valence-corrected chi connectivity index (χ2v) is 7.17. The summed E-state index contributed by atoms with van der Waals surface area (Å²) in [7, 11) is 3.16. The molecule has 0 aliphatic carbocycles. The van der Waals surface area contributed by atoms with Gasteiger partial charge in [-0.25, -0.2) is 4.98 Å². The molecule has 1 N–H and O–H groups in total. The number of rotatable bonds is 5. The van der Waals surface area contributed by atoms with Crippen LogP contribution in [0.3, 0.4) is 0 Å². The molecule has 4 rings (SSSR count). The SMILES string of the molecule is COc1cccc(C(=O)Nc2nc3c(OC)ccc(C4COCCO4)c3s2)c1. The Labute approximate surface area is 166 Å². The number of aromatic nitrogens is 1. The molecule has 1 aromatic heterocycles. The number of anilines is 1. The number of benzene rings is 2. The molecule has 8 heteroatoms. The average molecular weight is 400 g/mol. The highest BCUT2D eigenvalue weighted by molar-refractivity contribution is 7.22. The molecule has 1 aliphatic rings. The van der Waals surface area contributed by atoms with Crippen LogP contribution in [0.5, 0.6) is 11.5 Å². The van der Waals surface area contributed by atoms with E-state index in [4.69, 9.17) is 18.9 Å². The fraction of sp³-hybridized carbons (Fsp3) is 0.300. The van der Waals surface area contributed by atoms with E-state index >= 15 is 0 Å². The number of ether oxygens (including phenoxy) is 4. The van der Waals surface area contributed by atoms with Gasteiger partial charge < -0.3 is 18.9 Å². The Hall–Kier alpha value is -2.68. The highest BCUT2D eigenvalue weighted by atomic mass is 32.1. The Balaban J connectivity index is 1.66. The van der Waals surface area contributed by atoms with Crippen molar-refractivity contribution in [2.75, 3.05) is 39.4 Å². The lowest BCUT2D eigenvalue weighted by atomic mass is 10.1. The molecule has 1 amide bonds. The van der Waals surface area contributed by atoms with Crippen molar-refractivity contribution in [2.45, 2.75) is 6.10 Å². The van der Waals surface area contributed by atoms with Crippen LogP contribution in [0.1, 0.15) is 22.0 Å². The molecule has 2 aromatic carbocycles. The number of fused-ring (bicyclic) bond motifs is 1. The lowest BCUT2D eigenvalue weighted by Gasteiger charge is -2.23. The normalized spacial score (nSPS) is 16.7. The topological polar surface area (TPSA) is 78.9 Å². The first kappa shape index (κ1) is 18.7. The molecule has 7 nitrogen and oxygen atoms in total. The van der Waals surface area contributed by atoms with Gasteiger partial charge in [-0.1, -0.05) is 23.5 Å². The number of methoxy groups -OCH3 is 2. The third-order valence-electron chi connectivity index (χ3n) is 4.47. The van der Waals surface area contributed by atoms with Gasteiger partial charge in [0, 0.05) is 11.1 Å². The van der Waals surface area contributed by atoms with Crippen LogP contribution in [0.4, 0.5) is 5.13 Å². The maximum absolute atomic E-state index is 12.6. The van der Waals surface area contributed by atoms with Gasteiger partial charge in [0.05, 0.1) is 38.7 Å². The minimum atomic E-state index is -0.254. The second-order valence-electron chi connectivity index (χ2n) is 6.17. The third kappa shape index (κ3) is 3.66.